The minimum Gasteiger partial charge on any atom is -0.349 e. The number of fused-ring (bicyclic) bond motifs is 1. The quantitative estimate of drug-likeness (QED) is 0.335. The van der Waals surface area contributed by atoms with Gasteiger partial charge in [-0.25, -0.2) is 14.5 Å². The van der Waals surface area contributed by atoms with Gasteiger partial charge in [0.25, 0.3) is 5.91 Å². The number of para-hydroxylation sites is 2. The molecule has 0 spiro atoms. The van der Waals surface area contributed by atoms with Gasteiger partial charge >= 0.3 is 5.69 Å². The fourth-order valence-electron chi connectivity index (χ4n) is 5.46. The van der Waals surface area contributed by atoms with Crippen LogP contribution in [0.2, 0.25) is 5.02 Å². The lowest BCUT2D eigenvalue weighted by atomic mass is 9.85. The van der Waals surface area contributed by atoms with Crippen molar-refractivity contribution in [3.63, 3.8) is 0 Å². The Bertz CT molecular complexity index is 1700. The molecule has 0 bridgehead atoms. The third-order valence-electron chi connectivity index (χ3n) is 7.48. The molecular formula is C29H28ClN7O2. The minimum absolute atomic E-state index is 0.0758. The lowest BCUT2D eigenvalue weighted by Gasteiger charge is -2.29. The Labute approximate surface area is 230 Å². The molecule has 6 rings (SSSR count). The summed E-state index contributed by atoms with van der Waals surface area (Å²) in [6, 6.07) is 15.2. The molecule has 1 aliphatic carbocycles. The second-order valence-corrected chi connectivity index (χ2v) is 10.5. The van der Waals surface area contributed by atoms with E-state index in [9.17, 15) is 9.59 Å². The van der Waals surface area contributed by atoms with Gasteiger partial charge < -0.3 is 5.32 Å². The van der Waals surface area contributed by atoms with Crippen molar-refractivity contribution in [2.75, 3.05) is 0 Å². The van der Waals surface area contributed by atoms with E-state index < -0.39 is 0 Å². The summed E-state index contributed by atoms with van der Waals surface area (Å²) in [6.45, 7) is 2.43. The van der Waals surface area contributed by atoms with Crippen LogP contribution in [0.3, 0.4) is 0 Å². The molecule has 4 aromatic heterocycles. The van der Waals surface area contributed by atoms with Gasteiger partial charge in [-0.3, -0.25) is 18.9 Å². The number of hydrogen-bond acceptors (Lipinski definition) is 5. The fraction of sp³-hybridized carbons (Fsp3) is 0.276. The second-order valence-electron chi connectivity index (χ2n) is 10.0. The van der Waals surface area contributed by atoms with Crippen LogP contribution in [0.25, 0.3) is 22.5 Å². The zero-order valence-electron chi connectivity index (χ0n) is 21.5. The zero-order valence-corrected chi connectivity index (χ0v) is 22.3. The lowest BCUT2D eigenvalue weighted by molar-refractivity contribution is 0.0919. The first kappa shape index (κ1) is 25.1. The molecule has 0 atom stereocenters. The topological polar surface area (TPSA) is 99.6 Å². The van der Waals surface area contributed by atoms with Gasteiger partial charge in [0.2, 0.25) is 0 Å². The van der Waals surface area contributed by atoms with Gasteiger partial charge in [-0.15, -0.1) is 0 Å². The van der Waals surface area contributed by atoms with E-state index in [2.05, 4.69) is 20.4 Å². The first-order chi connectivity index (χ1) is 19.0. The Morgan fingerprint density at radius 1 is 1.03 bits per heavy atom. The van der Waals surface area contributed by atoms with Gasteiger partial charge in [0.05, 0.1) is 33.0 Å². The molecule has 1 aliphatic rings. The third kappa shape index (κ3) is 4.97. The summed E-state index contributed by atoms with van der Waals surface area (Å²) < 4.78 is 5.31. The molecule has 39 heavy (non-hydrogen) atoms. The van der Waals surface area contributed by atoms with Crippen molar-refractivity contribution in [1.82, 2.24) is 34.2 Å². The molecule has 1 saturated carbocycles. The van der Waals surface area contributed by atoms with Crippen LogP contribution in [0.1, 0.15) is 41.7 Å². The van der Waals surface area contributed by atoms with E-state index in [1.54, 1.807) is 40.8 Å². The second kappa shape index (κ2) is 10.5. The average Bonchev–Trinajstić information content (AvgIpc) is 3.58. The number of nitrogens with one attached hydrogen (secondary N) is 1. The summed E-state index contributed by atoms with van der Waals surface area (Å²) in [6.07, 6.45) is 10.3. The predicted octanol–water partition coefficient (Wildman–Crippen LogP) is 4.72. The number of pyridine rings is 2. The molecule has 4 heterocycles. The Morgan fingerprint density at radius 3 is 2.59 bits per heavy atom. The number of carbonyl (C=O) groups is 1. The van der Waals surface area contributed by atoms with Gasteiger partial charge in [-0.2, -0.15) is 5.10 Å². The van der Waals surface area contributed by atoms with Crippen molar-refractivity contribution >= 4 is 28.5 Å². The van der Waals surface area contributed by atoms with Crippen LogP contribution in [0.5, 0.6) is 0 Å². The van der Waals surface area contributed by atoms with Gasteiger partial charge in [-0.05, 0) is 68.9 Å². The molecule has 1 N–H and O–H groups in total. The SMILES string of the molecule is Cc1ncc(Cl)cc1C(=O)N[C@H]1CC[C@H](Cn2c(=O)n(-c3ccnc(-n4cccn4)c3)c3ccccc32)CC1. The smallest absolute Gasteiger partial charge is 0.333 e. The van der Waals surface area contributed by atoms with Crippen molar-refractivity contribution in [3.8, 4) is 11.5 Å². The number of imidazole rings is 1. The molecular weight excluding hydrogens is 514 g/mol. The number of nitrogens with zero attached hydrogens (tertiary/aromatic N) is 6. The Balaban J connectivity index is 1.20. The molecule has 5 aromatic rings. The fourth-order valence-corrected chi connectivity index (χ4v) is 5.62. The van der Waals surface area contributed by atoms with Gasteiger partial charge in [0.1, 0.15) is 0 Å². The van der Waals surface area contributed by atoms with Crippen LogP contribution in [0.15, 0.2) is 78.1 Å². The van der Waals surface area contributed by atoms with Crippen molar-refractivity contribution in [2.45, 2.75) is 45.2 Å². The summed E-state index contributed by atoms with van der Waals surface area (Å²) in [5.74, 6) is 0.837. The molecule has 0 saturated heterocycles. The van der Waals surface area contributed by atoms with E-state index in [0.29, 0.717) is 34.6 Å². The number of aryl methyl sites for hydroxylation is 1. The van der Waals surface area contributed by atoms with E-state index in [-0.39, 0.29) is 17.6 Å². The Morgan fingerprint density at radius 2 is 1.82 bits per heavy atom. The molecule has 1 aromatic carbocycles. The minimum atomic E-state index is -0.142. The van der Waals surface area contributed by atoms with Crippen molar-refractivity contribution in [1.29, 1.82) is 0 Å². The highest BCUT2D eigenvalue weighted by molar-refractivity contribution is 6.30. The summed E-state index contributed by atoms with van der Waals surface area (Å²) in [7, 11) is 0. The molecule has 1 fully saturated rings. The van der Waals surface area contributed by atoms with E-state index in [1.165, 1.54) is 0 Å². The van der Waals surface area contributed by atoms with Crippen LogP contribution in [0, 0.1) is 12.8 Å². The standard InChI is InChI=1S/C29H28ClN7O2/c1-19-24(15-21(30)17-32-19)28(38)34-22-9-7-20(8-10-22)18-35-25-5-2-3-6-26(25)37(29(35)39)23-11-13-31-27(16-23)36-14-4-12-33-36/h2-6,11-17,20,22H,7-10,18H2,1H3,(H,34,38)/t20-,22-. The summed E-state index contributed by atoms with van der Waals surface area (Å²) in [5.41, 5.74) is 3.59. The zero-order chi connectivity index (χ0) is 26.9. The van der Waals surface area contributed by atoms with Gasteiger partial charge in [0, 0.05) is 43.4 Å². The monoisotopic (exact) mass is 541 g/mol. The van der Waals surface area contributed by atoms with Crippen LogP contribution >= 0.6 is 11.6 Å². The molecule has 9 nitrogen and oxygen atoms in total. The summed E-state index contributed by atoms with van der Waals surface area (Å²) >= 11 is 6.05. The number of carbonyl (C=O) groups excluding carboxylic acids is 1. The number of rotatable bonds is 6. The predicted molar refractivity (Wildman–Crippen MR) is 150 cm³/mol. The van der Waals surface area contributed by atoms with Gasteiger partial charge in [0.15, 0.2) is 5.82 Å². The lowest BCUT2D eigenvalue weighted by Crippen LogP contribution is -2.39. The normalized spacial score (nSPS) is 17.4. The highest BCUT2D eigenvalue weighted by atomic mass is 35.5. The molecule has 0 unspecified atom stereocenters. The molecule has 10 heteroatoms. The average molecular weight is 542 g/mol. The van der Waals surface area contributed by atoms with E-state index in [0.717, 1.165) is 42.4 Å². The number of amides is 1. The largest absolute Gasteiger partial charge is 0.349 e. The van der Waals surface area contributed by atoms with Crippen LogP contribution in [-0.2, 0) is 6.54 Å². The molecule has 198 valence electrons. The first-order valence-corrected chi connectivity index (χ1v) is 13.5. The Kier molecular flexibility index (Phi) is 6.74. The molecule has 1 amide bonds. The van der Waals surface area contributed by atoms with E-state index >= 15 is 0 Å². The van der Waals surface area contributed by atoms with Gasteiger partial charge in [-0.1, -0.05) is 23.7 Å². The van der Waals surface area contributed by atoms with Crippen LogP contribution < -0.4 is 11.0 Å². The highest BCUT2D eigenvalue weighted by Crippen LogP contribution is 2.28. The van der Waals surface area contributed by atoms with E-state index in [1.807, 2.05) is 53.2 Å². The summed E-state index contributed by atoms with van der Waals surface area (Å²) in [4.78, 5) is 35.2. The maximum absolute atomic E-state index is 13.8. The number of hydrogen-bond donors (Lipinski definition) is 1. The Hall–Kier alpha value is -4.24. The van der Waals surface area contributed by atoms with Crippen molar-refractivity contribution in [3.05, 3.63) is 100 Å². The maximum Gasteiger partial charge on any atom is 0.333 e. The summed E-state index contributed by atoms with van der Waals surface area (Å²) in [5, 5.41) is 7.86. The number of halogens is 1. The maximum atomic E-state index is 13.8. The van der Waals surface area contributed by atoms with Crippen molar-refractivity contribution < 1.29 is 4.79 Å². The van der Waals surface area contributed by atoms with Crippen LogP contribution in [-0.4, -0.2) is 40.8 Å². The number of aromatic nitrogens is 6. The van der Waals surface area contributed by atoms with E-state index in [4.69, 9.17) is 11.6 Å². The molecule has 0 aliphatic heterocycles. The third-order valence-corrected chi connectivity index (χ3v) is 7.69. The van der Waals surface area contributed by atoms with Crippen LogP contribution in [0.4, 0.5) is 0 Å². The van der Waals surface area contributed by atoms with Crippen molar-refractivity contribution in [2.24, 2.45) is 5.92 Å². The highest BCUT2D eigenvalue weighted by Gasteiger charge is 2.26. The first-order valence-electron chi connectivity index (χ1n) is 13.1. The number of benzene rings is 1. The molecule has 0 radical (unpaired) electrons.